The second kappa shape index (κ2) is 7.34. The summed E-state index contributed by atoms with van der Waals surface area (Å²) in [7, 11) is 1.49. The Labute approximate surface area is 153 Å². The highest BCUT2D eigenvalue weighted by molar-refractivity contribution is 7.14. The molecule has 1 heterocycles. The molecule has 0 spiro atoms. The molecule has 0 fully saturated rings. The fourth-order valence-electron chi connectivity index (χ4n) is 2.20. The smallest absolute Gasteiger partial charge is 0.261 e. The van der Waals surface area contributed by atoms with Crippen LogP contribution in [0.1, 0.15) is 15.9 Å². The van der Waals surface area contributed by atoms with Gasteiger partial charge >= 0.3 is 0 Å². The monoisotopic (exact) mass is 369 g/mol. The van der Waals surface area contributed by atoms with Crippen molar-refractivity contribution in [2.24, 2.45) is 0 Å². The van der Waals surface area contributed by atoms with Gasteiger partial charge < -0.3 is 4.74 Å². The van der Waals surface area contributed by atoms with Gasteiger partial charge in [-0.05, 0) is 30.3 Å². The Morgan fingerprint density at radius 1 is 1.28 bits per heavy atom. The first-order chi connectivity index (χ1) is 12.1. The van der Waals surface area contributed by atoms with Crippen LogP contribution in [0, 0.1) is 11.3 Å². The molecule has 0 atom stereocenters. The number of amides is 1. The number of rotatable bonds is 4. The quantitative estimate of drug-likeness (QED) is 0.729. The molecular formula is C18H12ClN3O2S. The number of nitrogens with one attached hydrogen (secondary N) is 1. The lowest BCUT2D eigenvalue weighted by atomic mass is 10.1. The molecule has 0 saturated heterocycles. The molecule has 1 amide bonds. The first-order valence-electron chi connectivity index (χ1n) is 7.21. The van der Waals surface area contributed by atoms with Gasteiger partial charge in [0.15, 0.2) is 5.13 Å². The van der Waals surface area contributed by atoms with E-state index in [0.717, 1.165) is 11.3 Å². The third-order valence-corrected chi connectivity index (χ3v) is 4.43. The molecular weight excluding hydrogens is 358 g/mol. The fraction of sp³-hybridized carbons (Fsp3) is 0.0556. The first kappa shape index (κ1) is 17.0. The van der Waals surface area contributed by atoms with Crippen molar-refractivity contribution in [3.8, 4) is 23.1 Å². The van der Waals surface area contributed by atoms with Crippen LogP contribution in [0.4, 0.5) is 5.13 Å². The highest BCUT2D eigenvalue weighted by Gasteiger charge is 2.15. The summed E-state index contributed by atoms with van der Waals surface area (Å²) in [6.07, 6.45) is 0. The number of methoxy groups -OCH3 is 1. The Balaban J connectivity index is 1.80. The molecule has 124 valence electrons. The van der Waals surface area contributed by atoms with E-state index in [0.29, 0.717) is 27.0 Å². The Kier molecular flexibility index (Phi) is 4.98. The lowest BCUT2D eigenvalue weighted by Gasteiger charge is -2.08. The number of thiazole rings is 1. The third kappa shape index (κ3) is 3.79. The summed E-state index contributed by atoms with van der Waals surface area (Å²) in [5.74, 6) is 0.0888. The molecule has 7 heteroatoms. The van der Waals surface area contributed by atoms with Gasteiger partial charge in [-0.25, -0.2) is 4.98 Å². The predicted octanol–water partition coefficient (Wildman–Crippen LogP) is 4.60. The van der Waals surface area contributed by atoms with Gasteiger partial charge in [0, 0.05) is 16.0 Å². The third-order valence-electron chi connectivity index (χ3n) is 3.44. The highest BCUT2D eigenvalue weighted by atomic mass is 35.5. The standard InChI is InChI=1S/C18H12ClN3O2S/c1-24-16-7-6-13(19)8-14(16)17(23)22-18-21-15(10-25-18)12-4-2-11(9-20)3-5-12/h2-8,10H,1H3,(H,21,22,23). The van der Waals surface area contributed by atoms with E-state index in [1.54, 1.807) is 30.3 Å². The minimum Gasteiger partial charge on any atom is -0.496 e. The summed E-state index contributed by atoms with van der Waals surface area (Å²) in [6, 6.07) is 14.0. The maximum Gasteiger partial charge on any atom is 0.261 e. The van der Waals surface area contributed by atoms with Crippen molar-refractivity contribution in [1.82, 2.24) is 4.98 Å². The molecule has 3 rings (SSSR count). The number of nitriles is 1. The van der Waals surface area contributed by atoms with E-state index in [4.69, 9.17) is 21.6 Å². The zero-order valence-corrected chi connectivity index (χ0v) is 14.7. The summed E-state index contributed by atoms with van der Waals surface area (Å²) in [5.41, 5.74) is 2.52. The van der Waals surface area contributed by atoms with Crippen molar-refractivity contribution in [3.63, 3.8) is 0 Å². The second-order valence-corrected chi connectivity index (χ2v) is 6.32. The second-order valence-electron chi connectivity index (χ2n) is 5.03. The van der Waals surface area contributed by atoms with E-state index >= 15 is 0 Å². The summed E-state index contributed by atoms with van der Waals surface area (Å²) in [5, 5.41) is 14.3. The van der Waals surface area contributed by atoms with Crippen molar-refractivity contribution < 1.29 is 9.53 Å². The number of hydrogen-bond acceptors (Lipinski definition) is 5. The zero-order valence-electron chi connectivity index (χ0n) is 13.1. The zero-order chi connectivity index (χ0) is 17.8. The van der Waals surface area contributed by atoms with E-state index < -0.39 is 0 Å². The van der Waals surface area contributed by atoms with Crippen LogP contribution in [0.15, 0.2) is 47.8 Å². The highest BCUT2D eigenvalue weighted by Crippen LogP contribution is 2.27. The van der Waals surface area contributed by atoms with E-state index in [1.807, 2.05) is 17.5 Å². The van der Waals surface area contributed by atoms with E-state index in [2.05, 4.69) is 16.4 Å². The topological polar surface area (TPSA) is 75.0 Å². The lowest BCUT2D eigenvalue weighted by Crippen LogP contribution is -2.13. The molecule has 2 aromatic carbocycles. The van der Waals surface area contributed by atoms with E-state index in [-0.39, 0.29) is 5.91 Å². The number of benzene rings is 2. The van der Waals surface area contributed by atoms with Crippen molar-refractivity contribution in [2.75, 3.05) is 12.4 Å². The Morgan fingerprint density at radius 2 is 2.04 bits per heavy atom. The summed E-state index contributed by atoms with van der Waals surface area (Å²) in [6.45, 7) is 0. The minimum absolute atomic E-state index is 0.338. The average molecular weight is 370 g/mol. The molecule has 3 aromatic rings. The molecule has 0 radical (unpaired) electrons. The SMILES string of the molecule is COc1ccc(Cl)cc1C(=O)Nc1nc(-c2ccc(C#N)cc2)cs1. The van der Waals surface area contributed by atoms with Crippen molar-refractivity contribution in [2.45, 2.75) is 0 Å². The summed E-state index contributed by atoms with van der Waals surface area (Å²) >= 11 is 7.27. The molecule has 0 aliphatic rings. The number of carbonyl (C=O) groups excluding carboxylic acids is 1. The number of ether oxygens (including phenoxy) is 1. The number of halogens is 1. The van der Waals surface area contributed by atoms with Crippen molar-refractivity contribution in [1.29, 1.82) is 5.26 Å². The van der Waals surface area contributed by atoms with Gasteiger partial charge in [0.1, 0.15) is 5.75 Å². The van der Waals surface area contributed by atoms with Gasteiger partial charge in [0.05, 0.1) is 30.0 Å². The Hall–Kier alpha value is -2.88. The Morgan fingerprint density at radius 3 is 2.72 bits per heavy atom. The normalized spacial score (nSPS) is 10.1. The van der Waals surface area contributed by atoms with Crippen LogP contribution in [0.3, 0.4) is 0 Å². The minimum atomic E-state index is -0.347. The molecule has 0 bridgehead atoms. The summed E-state index contributed by atoms with van der Waals surface area (Å²) < 4.78 is 5.19. The molecule has 5 nitrogen and oxygen atoms in total. The Bertz CT molecular complexity index is 961. The fourth-order valence-corrected chi connectivity index (χ4v) is 3.09. The molecule has 0 aliphatic heterocycles. The van der Waals surface area contributed by atoms with E-state index in [9.17, 15) is 4.79 Å². The largest absolute Gasteiger partial charge is 0.496 e. The van der Waals surface area contributed by atoms with Crippen LogP contribution >= 0.6 is 22.9 Å². The first-order valence-corrected chi connectivity index (χ1v) is 8.47. The lowest BCUT2D eigenvalue weighted by molar-refractivity contribution is 0.102. The number of anilines is 1. The summed E-state index contributed by atoms with van der Waals surface area (Å²) in [4.78, 5) is 16.9. The molecule has 0 aliphatic carbocycles. The number of hydrogen-bond donors (Lipinski definition) is 1. The number of nitrogens with zero attached hydrogens (tertiary/aromatic N) is 2. The molecule has 25 heavy (non-hydrogen) atoms. The predicted molar refractivity (Wildman–Crippen MR) is 98.2 cm³/mol. The van der Waals surface area contributed by atoms with Crippen LogP contribution < -0.4 is 10.1 Å². The van der Waals surface area contributed by atoms with Crippen LogP contribution in [0.25, 0.3) is 11.3 Å². The van der Waals surface area contributed by atoms with Gasteiger partial charge in [-0.3, -0.25) is 10.1 Å². The van der Waals surface area contributed by atoms with Crippen molar-refractivity contribution in [3.05, 3.63) is 64.0 Å². The van der Waals surface area contributed by atoms with Crippen LogP contribution in [-0.4, -0.2) is 18.0 Å². The van der Waals surface area contributed by atoms with Crippen LogP contribution in [0.2, 0.25) is 5.02 Å². The molecule has 0 unspecified atom stereocenters. The number of carbonyl (C=O) groups is 1. The van der Waals surface area contributed by atoms with Gasteiger partial charge in [0.25, 0.3) is 5.91 Å². The number of aromatic nitrogens is 1. The average Bonchev–Trinajstić information content (AvgIpc) is 3.10. The van der Waals surface area contributed by atoms with Gasteiger partial charge in [0.2, 0.25) is 0 Å². The van der Waals surface area contributed by atoms with E-state index in [1.165, 1.54) is 18.4 Å². The van der Waals surface area contributed by atoms with Gasteiger partial charge in [-0.1, -0.05) is 23.7 Å². The van der Waals surface area contributed by atoms with Crippen LogP contribution in [-0.2, 0) is 0 Å². The van der Waals surface area contributed by atoms with Gasteiger partial charge in [-0.2, -0.15) is 5.26 Å². The van der Waals surface area contributed by atoms with Gasteiger partial charge in [-0.15, -0.1) is 11.3 Å². The van der Waals surface area contributed by atoms with Crippen LogP contribution in [0.5, 0.6) is 5.75 Å². The maximum atomic E-state index is 12.5. The molecule has 1 N–H and O–H groups in total. The maximum absolute atomic E-state index is 12.5. The molecule has 0 saturated carbocycles. The molecule has 1 aromatic heterocycles. The van der Waals surface area contributed by atoms with Crippen molar-refractivity contribution >= 4 is 34.0 Å².